The number of rotatable bonds is 24. The summed E-state index contributed by atoms with van der Waals surface area (Å²) < 4.78 is 0. The maximum absolute atomic E-state index is 13.1. The maximum atomic E-state index is 13.1. The van der Waals surface area contributed by atoms with Crippen molar-refractivity contribution in [3.63, 3.8) is 0 Å². The molecule has 10 heteroatoms. The number of carbonyl (C=O) groups is 2. The summed E-state index contributed by atoms with van der Waals surface area (Å²) in [5.74, 6) is 0.0143. The molecule has 7 N–H and O–H groups in total. The van der Waals surface area contributed by atoms with Crippen LogP contribution in [-0.2, 0) is 9.59 Å². The lowest BCUT2D eigenvalue weighted by atomic mass is 9.91. The van der Waals surface area contributed by atoms with E-state index in [1.54, 1.807) is 6.08 Å². The van der Waals surface area contributed by atoms with E-state index < -0.39 is 18.2 Å². The first kappa shape index (κ1) is 41.4. The topological polar surface area (TPSA) is 138 Å². The molecule has 2 rings (SSSR count). The fraction of sp³-hybridized carbons (Fsp3) is 0.590. The van der Waals surface area contributed by atoms with Crippen LogP contribution in [0, 0.1) is 17.8 Å². The summed E-state index contributed by atoms with van der Waals surface area (Å²) in [6.07, 6.45) is 11.6. The summed E-state index contributed by atoms with van der Waals surface area (Å²) in [5, 5.41) is 36.9. The number of likely N-dealkylation sites (N-methyl/N-ethyl adjacent to an activating group) is 1. The van der Waals surface area contributed by atoms with E-state index in [2.05, 4.69) is 78.2 Å². The highest BCUT2D eigenvalue weighted by Crippen LogP contribution is 2.46. The molecule has 49 heavy (non-hydrogen) atoms. The van der Waals surface area contributed by atoms with Gasteiger partial charge in [0.15, 0.2) is 0 Å². The fourth-order valence-corrected chi connectivity index (χ4v) is 7.06. The zero-order chi connectivity index (χ0) is 36.7. The van der Waals surface area contributed by atoms with Gasteiger partial charge in [0.05, 0.1) is 18.6 Å². The van der Waals surface area contributed by atoms with Gasteiger partial charge in [0.25, 0.3) is 0 Å². The van der Waals surface area contributed by atoms with Gasteiger partial charge in [-0.2, -0.15) is 0 Å². The minimum atomic E-state index is -0.944. The number of aliphatic hydroxyl groups is 1. The van der Waals surface area contributed by atoms with Crippen molar-refractivity contribution >= 4 is 11.9 Å². The summed E-state index contributed by atoms with van der Waals surface area (Å²) in [7, 11) is 0. The number of allylic oxidation sites excluding steroid dienone is 4. The van der Waals surface area contributed by atoms with Crippen LogP contribution in [-0.4, -0.2) is 77.0 Å². The van der Waals surface area contributed by atoms with Crippen LogP contribution < -0.4 is 26.6 Å². The quantitative estimate of drug-likeness (QED) is 0.0424. The molecular formula is C39H64N6O4. The monoisotopic (exact) mass is 680 g/mol. The van der Waals surface area contributed by atoms with Crippen LogP contribution in [0.15, 0.2) is 85.6 Å². The first-order valence-corrected chi connectivity index (χ1v) is 17.9. The van der Waals surface area contributed by atoms with Crippen LogP contribution in [0.25, 0.3) is 0 Å². The van der Waals surface area contributed by atoms with Crippen molar-refractivity contribution in [3.8, 4) is 0 Å². The number of nitrogens with one attached hydrogen (secondary N) is 5. The molecule has 10 nitrogen and oxygen atoms in total. The summed E-state index contributed by atoms with van der Waals surface area (Å²) in [6, 6.07) is -0.403. The molecule has 2 aliphatic rings. The SMILES string of the molecule is C=C/C=C\C(=C/C)C(C)NC(=C)C(O)C(NCC)NC(=C)C1[C@H]2CCC[C@H]2CN1C(=C)C(NC(=O)CNC(=C)CCCCC(=O)O)C(C)C. The third-order valence-electron chi connectivity index (χ3n) is 9.67. The van der Waals surface area contributed by atoms with Crippen molar-refractivity contribution in [2.24, 2.45) is 17.8 Å². The number of fused-ring (bicyclic) bond motifs is 1. The Labute approximate surface area is 295 Å². The van der Waals surface area contributed by atoms with Gasteiger partial charge in [0.1, 0.15) is 12.3 Å². The first-order chi connectivity index (χ1) is 23.2. The van der Waals surface area contributed by atoms with Crippen LogP contribution >= 0.6 is 0 Å². The number of likely N-dealkylation sites (tertiary alicyclic amines) is 1. The Balaban J connectivity index is 2.14. The van der Waals surface area contributed by atoms with E-state index in [0.717, 1.165) is 36.4 Å². The van der Waals surface area contributed by atoms with Crippen LogP contribution in [0.3, 0.4) is 0 Å². The third kappa shape index (κ3) is 12.6. The van der Waals surface area contributed by atoms with E-state index in [9.17, 15) is 14.7 Å². The molecule has 1 heterocycles. The lowest BCUT2D eigenvalue weighted by molar-refractivity contribution is -0.137. The molecule has 2 fully saturated rings. The number of carboxylic acid groups (broad SMARTS) is 1. The minimum Gasteiger partial charge on any atom is -0.481 e. The fourth-order valence-electron chi connectivity index (χ4n) is 7.06. The zero-order valence-corrected chi connectivity index (χ0v) is 30.7. The van der Waals surface area contributed by atoms with Crippen LogP contribution in [0.2, 0.25) is 0 Å². The highest BCUT2D eigenvalue weighted by atomic mass is 16.4. The summed E-state index contributed by atoms with van der Waals surface area (Å²) in [6.45, 7) is 32.7. The third-order valence-corrected chi connectivity index (χ3v) is 9.67. The van der Waals surface area contributed by atoms with E-state index in [-0.39, 0.29) is 42.9 Å². The van der Waals surface area contributed by atoms with Crippen molar-refractivity contribution in [3.05, 3.63) is 85.6 Å². The molecule has 1 aliphatic heterocycles. The predicted octanol–water partition coefficient (Wildman–Crippen LogP) is 5.07. The maximum Gasteiger partial charge on any atom is 0.303 e. The summed E-state index contributed by atoms with van der Waals surface area (Å²) in [5.41, 5.74) is 3.92. The van der Waals surface area contributed by atoms with Crippen LogP contribution in [0.5, 0.6) is 0 Å². The second kappa shape index (κ2) is 20.7. The lowest BCUT2D eigenvalue weighted by Crippen LogP contribution is -2.55. The average Bonchev–Trinajstić information content (AvgIpc) is 3.65. The number of amides is 1. The van der Waals surface area contributed by atoms with Crippen molar-refractivity contribution in [2.75, 3.05) is 19.6 Å². The van der Waals surface area contributed by atoms with Gasteiger partial charge in [-0.25, -0.2) is 0 Å². The van der Waals surface area contributed by atoms with Crippen LogP contribution in [0.4, 0.5) is 0 Å². The van der Waals surface area contributed by atoms with Gasteiger partial charge < -0.3 is 36.4 Å². The molecule has 0 bridgehead atoms. The van der Waals surface area contributed by atoms with Crippen molar-refractivity contribution < 1.29 is 19.8 Å². The van der Waals surface area contributed by atoms with Gasteiger partial charge >= 0.3 is 5.97 Å². The number of aliphatic carboxylic acids is 1. The molecule has 0 aromatic carbocycles. The summed E-state index contributed by atoms with van der Waals surface area (Å²) in [4.78, 5) is 26.2. The molecule has 274 valence electrons. The number of hydrogen-bond donors (Lipinski definition) is 7. The molecule has 0 spiro atoms. The van der Waals surface area contributed by atoms with Gasteiger partial charge in [-0.1, -0.05) is 84.4 Å². The number of aliphatic hydroxyl groups excluding tert-OH is 1. The molecule has 7 atom stereocenters. The number of carboxylic acids is 1. The molecule has 1 amide bonds. The Morgan fingerprint density at radius 1 is 1.02 bits per heavy atom. The number of carbonyl (C=O) groups excluding carboxylic acids is 1. The smallest absolute Gasteiger partial charge is 0.303 e. The van der Waals surface area contributed by atoms with E-state index in [1.807, 2.05) is 39.0 Å². The van der Waals surface area contributed by atoms with E-state index in [1.165, 1.54) is 6.42 Å². The molecule has 0 aromatic rings. The van der Waals surface area contributed by atoms with E-state index >= 15 is 0 Å². The molecular weight excluding hydrogens is 616 g/mol. The van der Waals surface area contributed by atoms with Crippen LogP contribution in [0.1, 0.15) is 79.6 Å². The second-order valence-electron chi connectivity index (χ2n) is 13.7. The normalized spacial score (nSPS) is 21.4. The Bertz CT molecular complexity index is 1240. The van der Waals surface area contributed by atoms with Crippen molar-refractivity contribution in [1.82, 2.24) is 31.5 Å². The molecule has 1 saturated carbocycles. The minimum absolute atomic E-state index is 0.0472. The van der Waals surface area contributed by atoms with Gasteiger partial charge in [0, 0.05) is 41.8 Å². The number of unbranched alkanes of at least 4 members (excludes halogenated alkanes) is 1. The predicted molar refractivity (Wildman–Crippen MR) is 201 cm³/mol. The van der Waals surface area contributed by atoms with E-state index in [4.69, 9.17) is 5.11 Å². The molecule has 0 radical (unpaired) electrons. The van der Waals surface area contributed by atoms with Gasteiger partial charge in [-0.3, -0.25) is 14.9 Å². The highest BCUT2D eigenvalue weighted by molar-refractivity contribution is 5.79. The average molecular weight is 681 g/mol. The zero-order valence-electron chi connectivity index (χ0n) is 30.7. The second-order valence-corrected chi connectivity index (χ2v) is 13.7. The highest BCUT2D eigenvalue weighted by Gasteiger charge is 2.47. The number of nitrogens with zero attached hydrogens (tertiary/aromatic N) is 1. The lowest BCUT2D eigenvalue weighted by Gasteiger charge is -2.39. The number of hydrogen-bond acceptors (Lipinski definition) is 8. The van der Waals surface area contributed by atoms with Gasteiger partial charge in [-0.05, 0) is 75.8 Å². The molecule has 1 aliphatic carbocycles. The standard InChI is InChI=1S/C39H64N6O4/c1-11-14-19-31(12-2)27(7)42-29(9)38(49)39(40-13-3)43-28(8)37-33-21-17-20-32(33)24-45(37)30(10)36(25(4)5)44-34(46)23-41-26(6)18-15-16-22-35(47)48/h11-12,14,19,25,27,32-33,36-43,49H,1,6,8-10,13,15-18,20-24H2,2-5,7H3,(H,44,46)(H,47,48)/b19-14-,31-12+/t27?,32-,33-,36?,37?,38?,39?/m0/s1. The van der Waals surface area contributed by atoms with Gasteiger partial charge in [0.2, 0.25) is 5.91 Å². The molecule has 1 saturated heterocycles. The summed E-state index contributed by atoms with van der Waals surface area (Å²) >= 11 is 0. The Kier molecular flexibility index (Phi) is 17.5. The Morgan fingerprint density at radius 2 is 1.71 bits per heavy atom. The Hall–Kier alpha value is -3.76. The van der Waals surface area contributed by atoms with Crippen molar-refractivity contribution in [1.29, 1.82) is 0 Å². The van der Waals surface area contributed by atoms with Gasteiger partial charge in [-0.15, -0.1) is 0 Å². The first-order valence-electron chi connectivity index (χ1n) is 17.9. The largest absolute Gasteiger partial charge is 0.481 e. The van der Waals surface area contributed by atoms with Crippen molar-refractivity contribution in [2.45, 2.75) is 110 Å². The molecule has 5 unspecified atom stereocenters. The van der Waals surface area contributed by atoms with E-state index in [0.29, 0.717) is 49.0 Å². The Morgan fingerprint density at radius 3 is 2.33 bits per heavy atom. The molecule has 0 aromatic heterocycles.